The number of para-hydroxylation sites is 1. The van der Waals surface area contributed by atoms with Crippen LogP contribution in [-0.4, -0.2) is 17.7 Å². The number of carboxylic acids is 1. The zero-order valence-corrected chi connectivity index (χ0v) is 12.0. The molecule has 0 saturated heterocycles. The lowest BCUT2D eigenvalue weighted by Gasteiger charge is -2.09. The fraction of sp³-hybridized carbons (Fsp3) is 0.188. The normalized spacial score (nSPS) is 10.2. The van der Waals surface area contributed by atoms with Gasteiger partial charge in [0.2, 0.25) is 0 Å². The highest BCUT2D eigenvalue weighted by molar-refractivity contribution is 7.98. The Morgan fingerprint density at radius 3 is 2.75 bits per heavy atom. The van der Waals surface area contributed by atoms with Gasteiger partial charge in [0.05, 0.1) is 12.2 Å². The Hall–Kier alpha value is -1.94. The minimum Gasteiger partial charge on any atom is -0.494 e. The Bertz CT molecular complexity index is 596. The number of rotatable bonds is 6. The van der Waals surface area contributed by atoms with Crippen LogP contribution in [0.2, 0.25) is 0 Å². The van der Waals surface area contributed by atoms with Crippen molar-refractivity contribution in [2.24, 2.45) is 0 Å². The van der Waals surface area contributed by atoms with Crippen molar-refractivity contribution in [3.05, 3.63) is 59.7 Å². The van der Waals surface area contributed by atoms with Gasteiger partial charge in [0.25, 0.3) is 0 Å². The number of hydrogen-bond donors (Lipinski definition) is 1. The standard InChI is InChI=1S/C16H16O3S/c1-2-19-15-9-4-3-6-13(15)11-20-14-8-5-7-12(10-14)16(17)18/h3-10H,2,11H2,1H3,(H,17,18). The van der Waals surface area contributed by atoms with Gasteiger partial charge in [-0.25, -0.2) is 4.79 Å². The van der Waals surface area contributed by atoms with Gasteiger partial charge in [-0.3, -0.25) is 0 Å². The molecule has 4 heteroatoms. The molecule has 104 valence electrons. The monoisotopic (exact) mass is 288 g/mol. The predicted molar refractivity (Wildman–Crippen MR) is 80.6 cm³/mol. The van der Waals surface area contributed by atoms with E-state index in [2.05, 4.69) is 0 Å². The molecule has 0 spiro atoms. The third-order valence-electron chi connectivity index (χ3n) is 2.75. The number of ether oxygens (including phenoxy) is 1. The highest BCUT2D eigenvalue weighted by atomic mass is 32.2. The summed E-state index contributed by atoms with van der Waals surface area (Å²) in [6.45, 7) is 2.59. The molecule has 20 heavy (non-hydrogen) atoms. The van der Waals surface area contributed by atoms with Crippen LogP contribution in [0.15, 0.2) is 53.4 Å². The first-order valence-electron chi connectivity index (χ1n) is 6.37. The largest absolute Gasteiger partial charge is 0.494 e. The van der Waals surface area contributed by atoms with Gasteiger partial charge >= 0.3 is 5.97 Å². The van der Waals surface area contributed by atoms with Crippen LogP contribution in [0.25, 0.3) is 0 Å². The first-order valence-corrected chi connectivity index (χ1v) is 7.36. The van der Waals surface area contributed by atoms with Gasteiger partial charge in [-0.1, -0.05) is 24.3 Å². The third-order valence-corrected chi connectivity index (χ3v) is 3.79. The molecule has 0 aliphatic heterocycles. The topological polar surface area (TPSA) is 46.5 Å². The summed E-state index contributed by atoms with van der Waals surface area (Å²) in [6.07, 6.45) is 0. The number of carbonyl (C=O) groups is 1. The molecule has 2 aromatic rings. The molecule has 1 N–H and O–H groups in total. The van der Waals surface area contributed by atoms with Crippen molar-refractivity contribution < 1.29 is 14.6 Å². The second kappa shape index (κ2) is 7.01. The number of thioether (sulfide) groups is 1. The summed E-state index contributed by atoms with van der Waals surface area (Å²) < 4.78 is 5.58. The second-order valence-corrected chi connectivity index (χ2v) is 5.21. The van der Waals surface area contributed by atoms with Crippen LogP contribution in [-0.2, 0) is 5.75 Å². The van der Waals surface area contributed by atoms with E-state index in [1.807, 2.05) is 37.3 Å². The summed E-state index contributed by atoms with van der Waals surface area (Å²) >= 11 is 1.60. The number of benzene rings is 2. The summed E-state index contributed by atoms with van der Waals surface area (Å²) in [4.78, 5) is 11.9. The van der Waals surface area contributed by atoms with Crippen LogP contribution in [0.1, 0.15) is 22.8 Å². The van der Waals surface area contributed by atoms with E-state index in [0.29, 0.717) is 12.2 Å². The molecular weight excluding hydrogens is 272 g/mol. The van der Waals surface area contributed by atoms with Crippen LogP contribution in [0, 0.1) is 0 Å². The molecule has 0 aromatic heterocycles. The van der Waals surface area contributed by atoms with E-state index in [-0.39, 0.29) is 0 Å². The van der Waals surface area contributed by atoms with Gasteiger partial charge in [0.15, 0.2) is 0 Å². The van der Waals surface area contributed by atoms with E-state index in [9.17, 15) is 4.79 Å². The van der Waals surface area contributed by atoms with E-state index in [1.54, 1.807) is 30.0 Å². The van der Waals surface area contributed by atoms with Crippen LogP contribution in [0.5, 0.6) is 5.75 Å². The van der Waals surface area contributed by atoms with Crippen LogP contribution < -0.4 is 4.74 Å². The number of carboxylic acid groups (broad SMARTS) is 1. The zero-order chi connectivity index (χ0) is 14.4. The smallest absolute Gasteiger partial charge is 0.335 e. The highest BCUT2D eigenvalue weighted by Gasteiger charge is 2.06. The maximum absolute atomic E-state index is 10.9. The first-order chi connectivity index (χ1) is 9.70. The molecule has 2 rings (SSSR count). The summed E-state index contributed by atoms with van der Waals surface area (Å²) in [5.74, 6) is 0.734. The molecular formula is C16H16O3S. The Kier molecular flexibility index (Phi) is 5.07. The Morgan fingerprint density at radius 2 is 2.00 bits per heavy atom. The molecule has 0 amide bonds. The van der Waals surface area contributed by atoms with Crippen molar-refractivity contribution >= 4 is 17.7 Å². The van der Waals surface area contributed by atoms with E-state index in [1.165, 1.54) is 0 Å². The molecule has 0 heterocycles. The third kappa shape index (κ3) is 3.78. The van der Waals surface area contributed by atoms with Gasteiger partial charge in [0, 0.05) is 16.2 Å². The highest BCUT2D eigenvalue weighted by Crippen LogP contribution is 2.28. The quantitative estimate of drug-likeness (QED) is 0.814. The van der Waals surface area contributed by atoms with Crippen molar-refractivity contribution in [3.63, 3.8) is 0 Å². The van der Waals surface area contributed by atoms with Gasteiger partial charge in [-0.2, -0.15) is 0 Å². The van der Waals surface area contributed by atoms with Gasteiger partial charge < -0.3 is 9.84 Å². The van der Waals surface area contributed by atoms with Crippen LogP contribution in [0.3, 0.4) is 0 Å². The summed E-state index contributed by atoms with van der Waals surface area (Å²) in [5.41, 5.74) is 1.42. The van der Waals surface area contributed by atoms with Crippen molar-refractivity contribution in [1.29, 1.82) is 0 Å². The predicted octanol–water partition coefficient (Wildman–Crippen LogP) is 4.08. The summed E-state index contributed by atoms with van der Waals surface area (Å²) in [6, 6.07) is 14.9. The second-order valence-electron chi connectivity index (χ2n) is 4.16. The summed E-state index contributed by atoms with van der Waals surface area (Å²) in [7, 11) is 0. The lowest BCUT2D eigenvalue weighted by molar-refractivity contribution is 0.0696. The van der Waals surface area contributed by atoms with E-state index in [0.717, 1.165) is 22.0 Å². The lowest BCUT2D eigenvalue weighted by Crippen LogP contribution is -1.96. The molecule has 2 aromatic carbocycles. The average Bonchev–Trinajstić information content (AvgIpc) is 2.47. The molecule has 0 radical (unpaired) electrons. The zero-order valence-electron chi connectivity index (χ0n) is 11.2. The molecule has 0 atom stereocenters. The van der Waals surface area contributed by atoms with Crippen molar-refractivity contribution in [2.75, 3.05) is 6.61 Å². The van der Waals surface area contributed by atoms with E-state index in [4.69, 9.17) is 9.84 Å². The van der Waals surface area contributed by atoms with Gasteiger partial charge in [-0.05, 0) is 31.2 Å². The molecule has 0 unspecified atom stereocenters. The van der Waals surface area contributed by atoms with Gasteiger partial charge in [-0.15, -0.1) is 11.8 Å². The Balaban J connectivity index is 2.09. The molecule has 0 saturated carbocycles. The van der Waals surface area contributed by atoms with Crippen LogP contribution in [0.4, 0.5) is 0 Å². The summed E-state index contributed by atoms with van der Waals surface area (Å²) in [5, 5.41) is 8.98. The number of hydrogen-bond acceptors (Lipinski definition) is 3. The minimum atomic E-state index is -0.901. The molecule has 3 nitrogen and oxygen atoms in total. The fourth-order valence-electron chi connectivity index (χ4n) is 1.80. The van der Waals surface area contributed by atoms with E-state index >= 15 is 0 Å². The molecule has 0 aliphatic rings. The molecule has 0 bridgehead atoms. The molecule has 0 aliphatic carbocycles. The van der Waals surface area contributed by atoms with Crippen LogP contribution >= 0.6 is 11.8 Å². The van der Waals surface area contributed by atoms with Gasteiger partial charge in [0.1, 0.15) is 5.75 Å². The Morgan fingerprint density at radius 1 is 1.20 bits per heavy atom. The van der Waals surface area contributed by atoms with E-state index < -0.39 is 5.97 Å². The first kappa shape index (κ1) is 14.5. The fourth-order valence-corrected chi connectivity index (χ4v) is 2.75. The van der Waals surface area contributed by atoms with Crippen molar-refractivity contribution in [2.45, 2.75) is 17.6 Å². The average molecular weight is 288 g/mol. The van der Waals surface area contributed by atoms with Crippen molar-refractivity contribution in [1.82, 2.24) is 0 Å². The SMILES string of the molecule is CCOc1ccccc1CSc1cccc(C(=O)O)c1. The maximum Gasteiger partial charge on any atom is 0.335 e. The maximum atomic E-state index is 10.9. The minimum absolute atomic E-state index is 0.313. The van der Waals surface area contributed by atoms with Crippen molar-refractivity contribution in [3.8, 4) is 5.75 Å². The number of aromatic carboxylic acids is 1. The lowest BCUT2D eigenvalue weighted by atomic mass is 10.2. The molecule has 0 fully saturated rings. The Labute approximate surface area is 122 Å².